The molecule has 2 aromatic rings. The molecule has 1 heterocycles. The SMILES string of the molecule is COc1cccc(OC)c1OCC(O)CNC(=O)C1CCN(C(=O)c2ccc(F)cc2)CC1. The van der Waals surface area contributed by atoms with Crippen molar-refractivity contribution in [1.82, 2.24) is 10.2 Å². The number of hydrogen-bond donors (Lipinski definition) is 2. The number of ether oxygens (including phenoxy) is 3. The fraction of sp³-hybridized carbons (Fsp3) is 0.417. The average Bonchev–Trinajstić information content (AvgIpc) is 2.85. The van der Waals surface area contributed by atoms with Gasteiger partial charge in [-0.05, 0) is 49.2 Å². The summed E-state index contributed by atoms with van der Waals surface area (Å²) in [5, 5.41) is 13.0. The number of nitrogens with one attached hydrogen (secondary N) is 1. The Morgan fingerprint density at radius 2 is 1.70 bits per heavy atom. The van der Waals surface area contributed by atoms with Gasteiger partial charge in [0.05, 0.1) is 14.2 Å². The summed E-state index contributed by atoms with van der Waals surface area (Å²) in [5.74, 6) is 0.360. The van der Waals surface area contributed by atoms with E-state index in [9.17, 15) is 19.1 Å². The van der Waals surface area contributed by atoms with Crippen LogP contribution in [-0.4, -0.2) is 68.4 Å². The average molecular weight is 461 g/mol. The fourth-order valence-electron chi connectivity index (χ4n) is 3.68. The summed E-state index contributed by atoms with van der Waals surface area (Å²) >= 11 is 0. The number of aliphatic hydroxyl groups excluding tert-OH is 1. The minimum atomic E-state index is -0.927. The zero-order chi connectivity index (χ0) is 23.8. The lowest BCUT2D eigenvalue weighted by Crippen LogP contribution is -2.44. The smallest absolute Gasteiger partial charge is 0.253 e. The lowest BCUT2D eigenvalue weighted by Gasteiger charge is -2.31. The summed E-state index contributed by atoms with van der Waals surface area (Å²) in [5.41, 5.74) is 0.425. The number of para-hydroxylation sites is 1. The molecule has 0 aromatic heterocycles. The van der Waals surface area contributed by atoms with Crippen LogP contribution in [0.3, 0.4) is 0 Å². The van der Waals surface area contributed by atoms with Crippen LogP contribution in [-0.2, 0) is 4.79 Å². The Morgan fingerprint density at radius 3 is 2.27 bits per heavy atom. The minimum absolute atomic E-state index is 0.0328. The molecule has 178 valence electrons. The largest absolute Gasteiger partial charge is 0.493 e. The Kier molecular flexibility index (Phi) is 8.48. The van der Waals surface area contributed by atoms with Gasteiger partial charge in [0, 0.05) is 31.1 Å². The number of hydrogen-bond acceptors (Lipinski definition) is 6. The molecule has 33 heavy (non-hydrogen) atoms. The second-order valence-electron chi connectivity index (χ2n) is 7.78. The zero-order valence-corrected chi connectivity index (χ0v) is 18.8. The highest BCUT2D eigenvalue weighted by molar-refractivity contribution is 5.94. The maximum atomic E-state index is 13.1. The summed E-state index contributed by atoms with van der Waals surface area (Å²) in [4.78, 5) is 26.7. The number of carbonyl (C=O) groups excluding carboxylic acids is 2. The van der Waals surface area contributed by atoms with Crippen LogP contribution in [0.25, 0.3) is 0 Å². The molecule has 8 nitrogen and oxygen atoms in total. The molecular formula is C24H29FN2O6. The van der Waals surface area contributed by atoms with Crippen LogP contribution in [0, 0.1) is 11.7 Å². The van der Waals surface area contributed by atoms with E-state index >= 15 is 0 Å². The van der Waals surface area contributed by atoms with E-state index < -0.39 is 11.9 Å². The molecule has 2 N–H and O–H groups in total. The topological polar surface area (TPSA) is 97.3 Å². The number of amides is 2. The molecule has 0 radical (unpaired) electrons. The van der Waals surface area contributed by atoms with Crippen molar-refractivity contribution < 1.29 is 33.3 Å². The first-order valence-electron chi connectivity index (χ1n) is 10.8. The first kappa shape index (κ1) is 24.3. The number of methoxy groups -OCH3 is 2. The zero-order valence-electron chi connectivity index (χ0n) is 18.8. The van der Waals surface area contributed by atoms with E-state index in [4.69, 9.17) is 14.2 Å². The second kappa shape index (κ2) is 11.5. The van der Waals surface area contributed by atoms with E-state index in [2.05, 4.69) is 5.32 Å². The highest BCUT2D eigenvalue weighted by Gasteiger charge is 2.28. The van der Waals surface area contributed by atoms with Crippen molar-refractivity contribution in [2.24, 2.45) is 5.92 Å². The molecule has 1 aliphatic rings. The molecule has 2 amide bonds. The van der Waals surface area contributed by atoms with Crippen molar-refractivity contribution in [2.45, 2.75) is 18.9 Å². The van der Waals surface area contributed by atoms with Gasteiger partial charge in [-0.3, -0.25) is 9.59 Å². The van der Waals surface area contributed by atoms with Crippen molar-refractivity contribution in [1.29, 1.82) is 0 Å². The van der Waals surface area contributed by atoms with E-state index in [0.29, 0.717) is 48.7 Å². The molecule has 1 unspecified atom stereocenters. The van der Waals surface area contributed by atoms with Gasteiger partial charge in [0.25, 0.3) is 5.91 Å². The number of carbonyl (C=O) groups is 2. The van der Waals surface area contributed by atoms with Crippen LogP contribution in [0.4, 0.5) is 4.39 Å². The first-order chi connectivity index (χ1) is 15.9. The first-order valence-corrected chi connectivity index (χ1v) is 10.8. The van der Waals surface area contributed by atoms with Crippen LogP contribution in [0.1, 0.15) is 23.2 Å². The van der Waals surface area contributed by atoms with Gasteiger partial charge in [-0.1, -0.05) is 6.07 Å². The van der Waals surface area contributed by atoms with Gasteiger partial charge in [0.2, 0.25) is 11.7 Å². The van der Waals surface area contributed by atoms with Gasteiger partial charge in [-0.25, -0.2) is 4.39 Å². The van der Waals surface area contributed by atoms with Gasteiger partial charge in [-0.2, -0.15) is 0 Å². The normalized spacial score (nSPS) is 15.0. The number of aliphatic hydroxyl groups is 1. The third-order valence-corrected chi connectivity index (χ3v) is 5.56. The van der Waals surface area contributed by atoms with Crippen LogP contribution < -0.4 is 19.5 Å². The van der Waals surface area contributed by atoms with Gasteiger partial charge in [0.15, 0.2) is 11.5 Å². The van der Waals surface area contributed by atoms with Crippen molar-refractivity contribution in [3.05, 3.63) is 53.8 Å². The number of likely N-dealkylation sites (tertiary alicyclic amines) is 1. The molecule has 1 saturated heterocycles. The highest BCUT2D eigenvalue weighted by atomic mass is 19.1. The highest BCUT2D eigenvalue weighted by Crippen LogP contribution is 2.36. The van der Waals surface area contributed by atoms with E-state index in [1.165, 1.54) is 38.5 Å². The van der Waals surface area contributed by atoms with Crippen molar-refractivity contribution in [3.63, 3.8) is 0 Å². The van der Waals surface area contributed by atoms with Crippen molar-refractivity contribution in [3.8, 4) is 17.2 Å². The van der Waals surface area contributed by atoms with Gasteiger partial charge in [-0.15, -0.1) is 0 Å². The van der Waals surface area contributed by atoms with Crippen LogP contribution >= 0.6 is 0 Å². The standard InChI is InChI=1S/C24H29FN2O6/c1-31-20-4-3-5-21(32-2)22(20)33-15-19(28)14-26-23(29)16-10-12-27(13-11-16)24(30)17-6-8-18(25)9-7-17/h3-9,16,19,28H,10-15H2,1-2H3,(H,26,29). The summed E-state index contributed by atoms with van der Waals surface area (Å²) in [6.45, 7) is 0.855. The third kappa shape index (κ3) is 6.35. The molecule has 2 aromatic carbocycles. The van der Waals surface area contributed by atoms with E-state index in [0.717, 1.165) is 0 Å². The van der Waals surface area contributed by atoms with Crippen LogP contribution in [0.5, 0.6) is 17.2 Å². The van der Waals surface area contributed by atoms with E-state index in [1.807, 2.05) is 0 Å². The van der Waals surface area contributed by atoms with Crippen molar-refractivity contribution >= 4 is 11.8 Å². The Bertz CT molecular complexity index is 922. The summed E-state index contributed by atoms with van der Waals surface area (Å²) in [6.07, 6.45) is 0.108. The molecule has 0 bridgehead atoms. The minimum Gasteiger partial charge on any atom is -0.493 e. The lowest BCUT2D eigenvalue weighted by atomic mass is 9.95. The number of piperidine rings is 1. The van der Waals surface area contributed by atoms with Gasteiger partial charge < -0.3 is 29.5 Å². The number of nitrogens with zero attached hydrogens (tertiary/aromatic N) is 1. The molecule has 0 saturated carbocycles. The molecular weight excluding hydrogens is 431 g/mol. The summed E-state index contributed by atoms with van der Waals surface area (Å²) in [6, 6.07) is 10.6. The summed E-state index contributed by atoms with van der Waals surface area (Å²) < 4.78 is 29.2. The summed E-state index contributed by atoms with van der Waals surface area (Å²) in [7, 11) is 3.02. The van der Waals surface area contributed by atoms with E-state index in [1.54, 1.807) is 23.1 Å². The maximum Gasteiger partial charge on any atom is 0.253 e. The predicted octanol–water partition coefficient (Wildman–Crippen LogP) is 2.25. The molecule has 3 rings (SSSR count). The van der Waals surface area contributed by atoms with Crippen molar-refractivity contribution in [2.75, 3.05) is 40.5 Å². The Balaban J connectivity index is 1.42. The quantitative estimate of drug-likeness (QED) is 0.596. The number of benzene rings is 2. The second-order valence-corrected chi connectivity index (χ2v) is 7.78. The number of rotatable bonds is 9. The fourth-order valence-corrected chi connectivity index (χ4v) is 3.68. The molecule has 1 atom stereocenters. The van der Waals surface area contributed by atoms with Gasteiger partial charge in [0.1, 0.15) is 18.5 Å². The molecule has 1 aliphatic heterocycles. The van der Waals surface area contributed by atoms with Gasteiger partial charge >= 0.3 is 0 Å². The monoisotopic (exact) mass is 460 g/mol. The molecule has 1 fully saturated rings. The molecule has 0 aliphatic carbocycles. The maximum absolute atomic E-state index is 13.1. The predicted molar refractivity (Wildman–Crippen MR) is 119 cm³/mol. The third-order valence-electron chi connectivity index (χ3n) is 5.56. The Labute approximate surface area is 192 Å². The Hall–Kier alpha value is -3.33. The van der Waals surface area contributed by atoms with E-state index in [-0.39, 0.29) is 30.9 Å². The molecule has 0 spiro atoms. The lowest BCUT2D eigenvalue weighted by molar-refractivity contribution is -0.126. The Morgan fingerprint density at radius 1 is 1.09 bits per heavy atom. The van der Waals surface area contributed by atoms with Crippen LogP contribution in [0.2, 0.25) is 0 Å². The van der Waals surface area contributed by atoms with Crippen LogP contribution in [0.15, 0.2) is 42.5 Å². The molecule has 9 heteroatoms. The number of halogens is 1.